The molecule has 220 valence electrons. The molecule has 1 aromatic carbocycles. The number of pyridine rings is 1. The Morgan fingerprint density at radius 1 is 1.02 bits per heavy atom. The minimum absolute atomic E-state index is 0.131. The predicted octanol–water partition coefficient (Wildman–Crippen LogP) is 4.27. The van der Waals surface area contributed by atoms with E-state index in [-0.39, 0.29) is 11.3 Å². The van der Waals surface area contributed by atoms with Gasteiger partial charge in [-0.3, -0.25) is 18.9 Å². The van der Waals surface area contributed by atoms with E-state index in [1.54, 1.807) is 24.0 Å². The first-order chi connectivity index (χ1) is 20.1. The van der Waals surface area contributed by atoms with Crippen LogP contribution >= 0.6 is 0 Å². The van der Waals surface area contributed by atoms with Crippen LogP contribution in [0.5, 0.6) is 0 Å². The third kappa shape index (κ3) is 7.00. The molecule has 0 atom stereocenters. The lowest BCUT2D eigenvalue weighted by molar-refractivity contribution is 0.102. The van der Waals surface area contributed by atoms with E-state index < -0.39 is 10.8 Å². The third-order valence-electron chi connectivity index (χ3n) is 7.09. The Morgan fingerprint density at radius 3 is 2.55 bits per heavy atom. The zero-order valence-electron chi connectivity index (χ0n) is 24.6. The van der Waals surface area contributed by atoms with Crippen LogP contribution < -0.4 is 16.0 Å². The van der Waals surface area contributed by atoms with Gasteiger partial charge in [-0.1, -0.05) is 26.8 Å². The SMILES string of the molecule is CNc1cc(-n2nc(CN3CCS(=O)CC3)cc2Nc2cc(C(=O)Nc3ccnc(C(C)(C)C)c3)ccc2C)ncn1. The fraction of sp³-hybridized carbons (Fsp3) is 0.367. The van der Waals surface area contributed by atoms with Crippen LogP contribution in [0.15, 0.2) is 55.0 Å². The van der Waals surface area contributed by atoms with E-state index in [0.29, 0.717) is 46.8 Å². The number of benzene rings is 1. The van der Waals surface area contributed by atoms with Gasteiger partial charge in [-0.05, 0) is 36.8 Å². The van der Waals surface area contributed by atoms with E-state index >= 15 is 0 Å². The number of rotatable bonds is 8. The number of nitrogens with one attached hydrogen (secondary N) is 3. The van der Waals surface area contributed by atoms with Crippen molar-refractivity contribution in [2.45, 2.75) is 39.7 Å². The van der Waals surface area contributed by atoms with E-state index in [1.165, 1.54) is 6.33 Å². The molecule has 1 aliphatic rings. The zero-order valence-corrected chi connectivity index (χ0v) is 25.5. The van der Waals surface area contributed by atoms with Crippen LogP contribution in [0.4, 0.5) is 23.0 Å². The van der Waals surface area contributed by atoms with Gasteiger partial charge in [0.25, 0.3) is 5.91 Å². The smallest absolute Gasteiger partial charge is 0.255 e. The number of carbonyl (C=O) groups is 1. The van der Waals surface area contributed by atoms with E-state index in [0.717, 1.165) is 35.7 Å². The maximum atomic E-state index is 13.3. The molecule has 5 rings (SSSR count). The van der Waals surface area contributed by atoms with E-state index in [9.17, 15) is 9.00 Å². The molecule has 0 saturated carbocycles. The van der Waals surface area contributed by atoms with Crippen molar-refractivity contribution in [3.63, 3.8) is 0 Å². The van der Waals surface area contributed by atoms with Crippen LogP contribution in [0, 0.1) is 6.92 Å². The Hall–Kier alpha value is -4.16. The molecule has 1 amide bonds. The lowest BCUT2D eigenvalue weighted by Gasteiger charge is -2.24. The average Bonchev–Trinajstić information content (AvgIpc) is 3.37. The minimum Gasteiger partial charge on any atom is -0.373 e. The Balaban J connectivity index is 1.42. The number of hydrogen-bond donors (Lipinski definition) is 3. The van der Waals surface area contributed by atoms with Gasteiger partial charge in [0.1, 0.15) is 18.0 Å². The van der Waals surface area contributed by atoms with Gasteiger partial charge < -0.3 is 16.0 Å². The molecule has 4 heterocycles. The number of aromatic nitrogens is 5. The Labute approximate surface area is 248 Å². The second-order valence-corrected chi connectivity index (χ2v) is 13.1. The van der Waals surface area contributed by atoms with Gasteiger partial charge in [-0.15, -0.1) is 0 Å². The van der Waals surface area contributed by atoms with Crippen molar-refractivity contribution >= 4 is 39.7 Å². The maximum absolute atomic E-state index is 13.3. The summed E-state index contributed by atoms with van der Waals surface area (Å²) in [5.41, 5.74) is 4.59. The van der Waals surface area contributed by atoms with Crippen molar-refractivity contribution in [3.05, 3.63) is 77.5 Å². The largest absolute Gasteiger partial charge is 0.373 e. The average molecular weight is 588 g/mol. The zero-order chi connectivity index (χ0) is 29.9. The van der Waals surface area contributed by atoms with Gasteiger partial charge in [0.2, 0.25) is 0 Å². The number of amides is 1. The van der Waals surface area contributed by atoms with Crippen molar-refractivity contribution in [3.8, 4) is 5.82 Å². The van der Waals surface area contributed by atoms with Crippen molar-refractivity contribution in [2.75, 3.05) is 47.6 Å². The number of nitrogens with zero attached hydrogens (tertiary/aromatic N) is 6. The first kappa shape index (κ1) is 29.3. The van der Waals surface area contributed by atoms with Crippen molar-refractivity contribution in [2.24, 2.45) is 0 Å². The molecule has 0 spiro atoms. The van der Waals surface area contributed by atoms with Crippen LogP contribution in [0.2, 0.25) is 0 Å². The summed E-state index contributed by atoms with van der Waals surface area (Å²) in [6.45, 7) is 10.4. The highest BCUT2D eigenvalue weighted by molar-refractivity contribution is 7.85. The first-order valence-corrected chi connectivity index (χ1v) is 15.4. The summed E-state index contributed by atoms with van der Waals surface area (Å²) in [5.74, 6) is 3.11. The summed E-state index contributed by atoms with van der Waals surface area (Å²) in [7, 11) is 1.06. The fourth-order valence-electron chi connectivity index (χ4n) is 4.59. The molecule has 0 aliphatic carbocycles. The first-order valence-electron chi connectivity index (χ1n) is 13.9. The Kier molecular flexibility index (Phi) is 8.64. The van der Waals surface area contributed by atoms with Crippen LogP contribution in [0.1, 0.15) is 48.1 Å². The summed E-state index contributed by atoms with van der Waals surface area (Å²) >= 11 is 0. The van der Waals surface area contributed by atoms with Crippen molar-refractivity contribution in [1.82, 2.24) is 29.6 Å². The standard InChI is InChI=1S/C30H37N9O2S/c1-20-6-7-21(29(40)35-22-8-9-32-25(15-22)30(2,3)4)14-24(20)36-28-16-23(18-38-10-12-42(41)13-11-38)37-39(28)27-17-26(31-5)33-19-34-27/h6-9,14-17,19,36H,10-13,18H2,1-5H3,(H,31,33,34)(H,32,35,40). The highest BCUT2D eigenvalue weighted by Crippen LogP contribution is 2.27. The summed E-state index contributed by atoms with van der Waals surface area (Å²) in [6.07, 6.45) is 3.21. The lowest BCUT2D eigenvalue weighted by Crippen LogP contribution is -2.37. The van der Waals surface area contributed by atoms with Gasteiger partial charge >= 0.3 is 0 Å². The van der Waals surface area contributed by atoms with E-state index in [1.807, 2.05) is 43.3 Å². The lowest BCUT2D eigenvalue weighted by atomic mass is 9.91. The number of carbonyl (C=O) groups excluding carboxylic acids is 1. The monoisotopic (exact) mass is 587 g/mol. The van der Waals surface area contributed by atoms with Crippen LogP contribution in [0.25, 0.3) is 5.82 Å². The molecule has 0 bridgehead atoms. The molecule has 3 N–H and O–H groups in total. The fourth-order valence-corrected chi connectivity index (χ4v) is 5.72. The molecule has 12 heteroatoms. The molecular formula is C30H37N9O2S. The second kappa shape index (κ2) is 12.4. The molecule has 1 aliphatic heterocycles. The molecule has 0 unspecified atom stereocenters. The molecule has 0 radical (unpaired) electrons. The van der Waals surface area contributed by atoms with Crippen LogP contribution in [-0.4, -0.2) is 71.4 Å². The molecule has 1 saturated heterocycles. The van der Waals surface area contributed by atoms with Crippen molar-refractivity contribution < 1.29 is 9.00 Å². The Morgan fingerprint density at radius 2 is 1.81 bits per heavy atom. The van der Waals surface area contributed by atoms with Gasteiger partial charge in [0.15, 0.2) is 5.82 Å². The number of anilines is 4. The van der Waals surface area contributed by atoms with Gasteiger partial charge in [-0.2, -0.15) is 9.78 Å². The minimum atomic E-state index is -0.745. The van der Waals surface area contributed by atoms with Crippen LogP contribution in [-0.2, 0) is 22.8 Å². The quantitative estimate of drug-likeness (QED) is 0.277. The summed E-state index contributed by atoms with van der Waals surface area (Å²) < 4.78 is 13.6. The summed E-state index contributed by atoms with van der Waals surface area (Å²) in [5, 5.41) is 14.4. The summed E-state index contributed by atoms with van der Waals surface area (Å²) in [6, 6.07) is 13.1. The number of hydrogen-bond acceptors (Lipinski definition) is 9. The normalized spacial score (nSPS) is 14.5. The molecule has 1 fully saturated rings. The van der Waals surface area contributed by atoms with Gasteiger partial charge in [0.05, 0.1) is 5.69 Å². The molecule has 4 aromatic rings. The second-order valence-electron chi connectivity index (χ2n) is 11.4. The van der Waals surface area contributed by atoms with Gasteiger partial charge in [0, 0.05) is 95.4 Å². The molecule has 3 aromatic heterocycles. The molecular weight excluding hydrogens is 550 g/mol. The number of aryl methyl sites for hydroxylation is 1. The third-order valence-corrected chi connectivity index (χ3v) is 8.37. The predicted molar refractivity (Wildman–Crippen MR) is 167 cm³/mol. The van der Waals surface area contributed by atoms with Crippen LogP contribution in [0.3, 0.4) is 0 Å². The van der Waals surface area contributed by atoms with Crippen molar-refractivity contribution in [1.29, 1.82) is 0 Å². The van der Waals surface area contributed by atoms with Gasteiger partial charge in [-0.25, -0.2) is 9.97 Å². The Bertz CT molecular complexity index is 1600. The maximum Gasteiger partial charge on any atom is 0.255 e. The van der Waals surface area contributed by atoms with E-state index in [4.69, 9.17) is 5.10 Å². The highest BCUT2D eigenvalue weighted by Gasteiger charge is 2.20. The summed E-state index contributed by atoms with van der Waals surface area (Å²) in [4.78, 5) is 28.7. The highest BCUT2D eigenvalue weighted by atomic mass is 32.2. The molecule has 11 nitrogen and oxygen atoms in total. The topological polar surface area (TPSA) is 130 Å². The van der Waals surface area contributed by atoms with E-state index in [2.05, 4.69) is 56.6 Å². The molecule has 42 heavy (non-hydrogen) atoms.